The van der Waals surface area contributed by atoms with Crippen molar-refractivity contribution in [3.05, 3.63) is 22.4 Å². The topological polar surface area (TPSA) is 29.5 Å². The average Bonchev–Trinajstić information content (AvgIpc) is 2.52. The van der Waals surface area contributed by atoms with E-state index in [0.29, 0.717) is 19.6 Å². The molecule has 1 rings (SSSR count). The molecular weight excluding hydrogens is 184 g/mol. The van der Waals surface area contributed by atoms with Gasteiger partial charge in [-0.05, 0) is 25.3 Å². The molecule has 0 spiro atoms. The van der Waals surface area contributed by atoms with E-state index in [9.17, 15) is 5.11 Å². The van der Waals surface area contributed by atoms with Crippen molar-refractivity contribution in [2.24, 2.45) is 0 Å². The zero-order valence-corrected chi connectivity index (χ0v) is 8.93. The number of hydrogen-bond acceptors (Lipinski definition) is 3. The Morgan fingerprint density at radius 3 is 2.92 bits per heavy atom. The third kappa shape index (κ3) is 3.89. The average molecular weight is 200 g/mol. The fraction of sp³-hybridized carbons (Fsp3) is 0.600. The van der Waals surface area contributed by atoms with E-state index in [2.05, 4.69) is 0 Å². The number of hydrogen-bond donors (Lipinski definition) is 1. The molecule has 1 aromatic heterocycles. The van der Waals surface area contributed by atoms with Gasteiger partial charge in [0, 0.05) is 17.9 Å². The van der Waals surface area contributed by atoms with Crippen LogP contribution in [0.1, 0.15) is 18.7 Å². The van der Waals surface area contributed by atoms with Crippen LogP contribution in [0.2, 0.25) is 0 Å². The van der Waals surface area contributed by atoms with Crippen molar-refractivity contribution in [3.63, 3.8) is 0 Å². The van der Waals surface area contributed by atoms with Gasteiger partial charge in [-0.2, -0.15) is 0 Å². The first-order valence-corrected chi connectivity index (χ1v) is 5.34. The molecule has 1 unspecified atom stereocenters. The summed E-state index contributed by atoms with van der Waals surface area (Å²) in [5.41, 5.74) is -0.735. The minimum absolute atomic E-state index is 0.404. The largest absolute Gasteiger partial charge is 0.387 e. The Balaban J connectivity index is 2.42. The van der Waals surface area contributed by atoms with E-state index in [4.69, 9.17) is 4.74 Å². The molecule has 3 heteroatoms. The first kappa shape index (κ1) is 10.7. The van der Waals surface area contributed by atoms with Gasteiger partial charge in [-0.1, -0.05) is 6.07 Å². The lowest BCUT2D eigenvalue weighted by atomic mass is 10.0. The van der Waals surface area contributed by atoms with Crippen molar-refractivity contribution in [1.82, 2.24) is 0 Å². The lowest BCUT2D eigenvalue weighted by Crippen LogP contribution is -2.32. The van der Waals surface area contributed by atoms with Crippen LogP contribution in [0.5, 0.6) is 0 Å². The van der Waals surface area contributed by atoms with Gasteiger partial charge in [-0.25, -0.2) is 0 Å². The SMILES string of the molecule is CCOCC(C)(O)Cc1cccs1. The summed E-state index contributed by atoms with van der Waals surface area (Å²) in [6, 6.07) is 4.03. The summed E-state index contributed by atoms with van der Waals surface area (Å²) >= 11 is 1.67. The van der Waals surface area contributed by atoms with Crippen molar-refractivity contribution in [3.8, 4) is 0 Å². The van der Waals surface area contributed by atoms with Crippen LogP contribution >= 0.6 is 11.3 Å². The fourth-order valence-corrected chi connectivity index (χ4v) is 2.04. The maximum absolute atomic E-state index is 9.90. The van der Waals surface area contributed by atoms with Crippen molar-refractivity contribution < 1.29 is 9.84 Å². The molecule has 0 amide bonds. The predicted octanol–water partition coefficient (Wildman–Crippen LogP) is 2.08. The zero-order valence-electron chi connectivity index (χ0n) is 8.12. The summed E-state index contributed by atoms with van der Waals surface area (Å²) in [5.74, 6) is 0. The second-order valence-corrected chi connectivity index (χ2v) is 4.42. The molecule has 1 N–H and O–H groups in total. The third-order valence-electron chi connectivity index (χ3n) is 1.75. The van der Waals surface area contributed by atoms with Gasteiger partial charge in [-0.15, -0.1) is 11.3 Å². The number of thiophene rings is 1. The first-order valence-electron chi connectivity index (χ1n) is 4.46. The highest BCUT2D eigenvalue weighted by Crippen LogP contribution is 2.17. The second kappa shape index (κ2) is 4.74. The minimum atomic E-state index is -0.735. The first-order chi connectivity index (χ1) is 6.14. The van der Waals surface area contributed by atoms with Gasteiger partial charge >= 0.3 is 0 Å². The van der Waals surface area contributed by atoms with E-state index >= 15 is 0 Å². The molecule has 1 heterocycles. The molecular formula is C10H16O2S. The van der Waals surface area contributed by atoms with Gasteiger partial charge in [-0.3, -0.25) is 0 Å². The van der Waals surface area contributed by atoms with Gasteiger partial charge in [0.05, 0.1) is 12.2 Å². The number of aliphatic hydroxyl groups is 1. The second-order valence-electron chi connectivity index (χ2n) is 3.39. The molecule has 0 aromatic carbocycles. The van der Waals surface area contributed by atoms with Crippen LogP contribution in [0.3, 0.4) is 0 Å². The van der Waals surface area contributed by atoms with E-state index in [0.717, 1.165) is 0 Å². The lowest BCUT2D eigenvalue weighted by molar-refractivity contribution is -0.0291. The van der Waals surface area contributed by atoms with Gasteiger partial charge in [0.1, 0.15) is 0 Å². The Kier molecular flexibility index (Phi) is 3.90. The van der Waals surface area contributed by atoms with Crippen LogP contribution in [-0.2, 0) is 11.2 Å². The quantitative estimate of drug-likeness (QED) is 0.788. The highest BCUT2D eigenvalue weighted by molar-refractivity contribution is 7.09. The highest BCUT2D eigenvalue weighted by Gasteiger charge is 2.21. The van der Waals surface area contributed by atoms with E-state index in [-0.39, 0.29) is 0 Å². The number of ether oxygens (including phenoxy) is 1. The third-order valence-corrected chi connectivity index (χ3v) is 2.63. The Labute approximate surface area is 83.2 Å². The normalized spacial score (nSPS) is 15.6. The molecule has 0 aliphatic carbocycles. The van der Waals surface area contributed by atoms with E-state index in [1.54, 1.807) is 11.3 Å². The molecule has 0 radical (unpaired) electrons. The fourth-order valence-electron chi connectivity index (χ4n) is 1.16. The zero-order chi connectivity index (χ0) is 9.73. The molecule has 2 nitrogen and oxygen atoms in total. The molecule has 1 aromatic rings. The van der Waals surface area contributed by atoms with Gasteiger partial charge in [0.2, 0.25) is 0 Å². The van der Waals surface area contributed by atoms with Crippen molar-refractivity contribution >= 4 is 11.3 Å². The minimum Gasteiger partial charge on any atom is -0.387 e. The van der Waals surface area contributed by atoms with Crippen LogP contribution in [0.25, 0.3) is 0 Å². The van der Waals surface area contributed by atoms with Crippen LogP contribution < -0.4 is 0 Å². The van der Waals surface area contributed by atoms with Crippen molar-refractivity contribution in [2.75, 3.05) is 13.2 Å². The van der Waals surface area contributed by atoms with Crippen LogP contribution in [-0.4, -0.2) is 23.9 Å². The standard InChI is InChI=1S/C10H16O2S/c1-3-12-8-10(2,11)7-9-5-4-6-13-9/h4-6,11H,3,7-8H2,1-2H3. The lowest BCUT2D eigenvalue weighted by Gasteiger charge is -2.21. The Morgan fingerprint density at radius 2 is 2.38 bits per heavy atom. The van der Waals surface area contributed by atoms with E-state index in [1.807, 2.05) is 31.4 Å². The van der Waals surface area contributed by atoms with Gasteiger partial charge < -0.3 is 9.84 Å². The molecule has 0 bridgehead atoms. The summed E-state index contributed by atoms with van der Waals surface area (Å²) in [6.45, 7) is 4.80. The maximum Gasteiger partial charge on any atom is 0.0900 e. The molecule has 0 aliphatic heterocycles. The monoisotopic (exact) mass is 200 g/mol. The highest BCUT2D eigenvalue weighted by atomic mass is 32.1. The Bertz CT molecular complexity index is 229. The Morgan fingerprint density at radius 1 is 1.62 bits per heavy atom. The van der Waals surface area contributed by atoms with Crippen LogP contribution in [0.15, 0.2) is 17.5 Å². The van der Waals surface area contributed by atoms with E-state index in [1.165, 1.54) is 4.88 Å². The van der Waals surface area contributed by atoms with Gasteiger partial charge in [0.25, 0.3) is 0 Å². The van der Waals surface area contributed by atoms with Crippen molar-refractivity contribution in [2.45, 2.75) is 25.9 Å². The maximum atomic E-state index is 9.90. The molecule has 74 valence electrons. The van der Waals surface area contributed by atoms with E-state index < -0.39 is 5.60 Å². The molecule has 0 aliphatic rings. The molecule has 0 saturated carbocycles. The molecule has 0 fully saturated rings. The molecule has 0 saturated heterocycles. The van der Waals surface area contributed by atoms with Crippen LogP contribution in [0, 0.1) is 0 Å². The summed E-state index contributed by atoms with van der Waals surface area (Å²) in [4.78, 5) is 1.20. The summed E-state index contributed by atoms with van der Waals surface area (Å²) < 4.78 is 5.20. The Hall–Kier alpha value is -0.380. The van der Waals surface area contributed by atoms with Crippen molar-refractivity contribution in [1.29, 1.82) is 0 Å². The smallest absolute Gasteiger partial charge is 0.0900 e. The van der Waals surface area contributed by atoms with Crippen LogP contribution in [0.4, 0.5) is 0 Å². The summed E-state index contributed by atoms with van der Waals surface area (Å²) in [6.07, 6.45) is 0.671. The number of rotatable bonds is 5. The van der Waals surface area contributed by atoms with Gasteiger partial charge in [0.15, 0.2) is 0 Å². The predicted molar refractivity (Wildman–Crippen MR) is 55.1 cm³/mol. The molecule has 13 heavy (non-hydrogen) atoms. The molecule has 1 atom stereocenters. The summed E-state index contributed by atoms with van der Waals surface area (Å²) in [7, 11) is 0. The summed E-state index contributed by atoms with van der Waals surface area (Å²) in [5, 5.41) is 11.9.